The summed E-state index contributed by atoms with van der Waals surface area (Å²) in [5, 5.41) is 3.22. The third-order valence-corrected chi connectivity index (χ3v) is 4.11. The van der Waals surface area contributed by atoms with Gasteiger partial charge in [0.05, 0.1) is 0 Å². The van der Waals surface area contributed by atoms with Crippen LogP contribution in [0.15, 0.2) is 15.7 Å². The third kappa shape index (κ3) is 3.19. The molecule has 0 spiro atoms. The molecule has 0 amide bonds. The van der Waals surface area contributed by atoms with Crippen molar-refractivity contribution in [1.29, 1.82) is 0 Å². The van der Waals surface area contributed by atoms with E-state index in [0.717, 1.165) is 29.9 Å². The van der Waals surface area contributed by atoms with Crippen molar-refractivity contribution in [2.24, 2.45) is 20.0 Å². The van der Waals surface area contributed by atoms with E-state index in [1.807, 2.05) is 7.05 Å². The SMILES string of the molecule is CNCC1CCCN(Cc2cc(=O)n(C)c(=O)n2C)C1. The molecule has 0 bridgehead atoms. The first-order valence-corrected chi connectivity index (χ1v) is 7.15. The minimum Gasteiger partial charge on any atom is -0.319 e. The molecule has 0 aliphatic carbocycles. The summed E-state index contributed by atoms with van der Waals surface area (Å²) < 4.78 is 2.71. The summed E-state index contributed by atoms with van der Waals surface area (Å²) in [5.41, 5.74) is 0.311. The monoisotopic (exact) mass is 280 g/mol. The van der Waals surface area contributed by atoms with Crippen molar-refractivity contribution < 1.29 is 0 Å². The molecule has 1 aliphatic rings. The minimum absolute atomic E-state index is 0.230. The van der Waals surface area contributed by atoms with Crippen LogP contribution in [0.5, 0.6) is 0 Å². The van der Waals surface area contributed by atoms with Crippen molar-refractivity contribution in [2.45, 2.75) is 19.4 Å². The molecule has 1 aromatic rings. The highest BCUT2D eigenvalue weighted by atomic mass is 16.2. The maximum atomic E-state index is 11.9. The molecule has 1 unspecified atom stereocenters. The van der Waals surface area contributed by atoms with E-state index in [-0.39, 0.29) is 11.2 Å². The third-order valence-electron chi connectivity index (χ3n) is 4.11. The van der Waals surface area contributed by atoms with E-state index in [9.17, 15) is 9.59 Å². The number of piperidine rings is 1. The standard InChI is InChI=1S/C14H24N4O2/c1-15-8-11-5-4-6-18(9-11)10-12-7-13(19)17(3)14(20)16(12)2/h7,11,15H,4-6,8-10H2,1-3H3. The number of hydrogen-bond acceptors (Lipinski definition) is 4. The second kappa shape index (κ2) is 6.37. The number of nitrogens with one attached hydrogen (secondary N) is 1. The molecule has 112 valence electrons. The lowest BCUT2D eigenvalue weighted by Gasteiger charge is -2.32. The highest BCUT2D eigenvalue weighted by Crippen LogP contribution is 2.17. The first-order chi connectivity index (χ1) is 9.52. The smallest absolute Gasteiger partial charge is 0.319 e. The molecule has 1 saturated heterocycles. The van der Waals surface area contributed by atoms with Gasteiger partial charge in [-0.1, -0.05) is 0 Å². The Morgan fingerprint density at radius 2 is 2.05 bits per heavy atom. The second-order valence-electron chi connectivity index (χ2n) is 5.68. The van der Waals surface area contributed by atoms with Crippen molar-refractivity contribution in [3.05, 3.63) is 32.6 Å². The zero-order valence-electron chi connectivity index (χ0n) is 12.6. The van der Waals surface area contributed by atoms with E-state index in [1.54, 1.807) is 17.7 Å². The summed E-state index contributed by atoms with van der Waals surface area (Å²) in [5.74, 6) is 0.650. The fourth-order valence-corrected chi connectivity index (χ4v) is 2.91. The Bertz CT molecular complexity index is 574. The maximum absolute atomic E-state index is 11.9. The Morgan fingerprint density at radius 1 is 1.30 bits per heavy atom. The molecule has 2 heterocycles. The van der Waals surface area contributed by atoms with E-state index >= 15 is 0 Å². The van der Waals surface area contributed by atoms with Gasteiger partial charge in [0.2, 0.25) is 0 Å². The van der Waals surface area contributed by atoms with Crippen molar-refractivity contribution >= 4 is 0 Å². The van der Waals surface area contributed by atoms with Gasteiger partial charge in [-0.25, -0.2) is 4.79 Å². The van der Waals surface area contributed by atoms with Gasteiger partial charge in [-0.3, -0.25) is 18.8 Å². The zero-order valence-corrected chi connectivity index (χ0v) is 12.6. The first-order valence-electron chi connectivity index (χ1n) is 7.15. The lowest BCUT2D eigenvalue weighted by Crippen LogP contribution is -2.42. The van der Waals surface area contributed by atoms with Gasteiger partial charge < -0.3 is 5.32 Å². The van der Waals surface area contributed by atoms with E-state index in [0.29, 0.717) is 12.5 Å². The first kappa shape index (κ1) is 15.0. The van der Waals surface area contributed by atoms with E-state index in [2.05, 4.69) is 10.2 Å². The fraction of sp³-hybridized carbons (Fsp3) is 0.714. The van der Waals surface area contributed by atoms with Crippen LogP contribution in [-0.4, -0.2) is 40.7 Å². The molecule has 1 fully saturated rings. The van der Waals surface area contributed by atoms with Crippen LogP contribution in [0.25, 0.3) is 0 Å². The number of likely N-dealkylation sites (tertiary alicyclic amines) is 1. The number of aromatic nitrogens is 2. The average Bonchev–Trinajstić information content (AvgIpc) is 2.43. The van der Waals surface area contributed by atoms with Gasteiger partial charge in [0.15, 0.2) is 0 Å². The molecule has 6 nitrogen and oxygen atoms in total. The van der Waals surface area contributed by atoms with Crippen LogP contribution in [0.4, 0.5) is 0 Å². The highest BCUT2D eigenvalue weighted by molar-refractivity contribution is 5.02. The molecule has 2 rings (SSSR count). The van der Waals surface area contributed by atoms with E-state index < -0.39 is 0 Å². The van der Waals surface area contributed by atoms with E-state index in [1.165, 1.54) is 19.9 Å². The molecule has 1 aromatic heterocycles. The Kier molecular flexibility index (Phi) is 4.77. The van der Waals surface area contributed by atoms with Crippen LogP contribution in [0.1, 0.15) is 18.5 Å². The van der Waals surface area contributed by atoms with Crippen LogP contribution in [-0.2, 0) is 20.6 Å². The topological polar surface area (TPSA) is 59.3 Å². The summed E-state index contributed by atoms with van der Waals surface area (Å²) in [4.78, 5) is 26.0. The lowest BCUT2D eigenvalue weighted by molar-refractivity contribution is 0.163. The molecule has 0 radical (unpaired) electrons. The van der Waals surface area contributed by atoms with Crippen LogP contribution < -0.4 is 16.6 Å². The normalized spacial score (nSPS) is 20.2. The van der Waals surface area contributed by atoms with Gasteiger partial charge in [0, 0.05) is 38.9 Å². The summed E-state index contributed by atoms with van der Waals surface area (Å²) in [7, 11) is 5.22. The Balaban J connectivity index is 2.14. The molecular formula is C14H24N4O2. The number of hydrogen-bond donors (Lipinski definition) is 1. The summed E-state index contributed by atoms with van der Waals surface area (Å²) in [6.45, 7) is 3.74. The van der Waals surface area contributed by atoms with Crippen molar-refractivity contribution in [2.75, 3.05) is 26.7 Å². The minimum atomic E-state index is -0.253. The van der Waals surface area contributed by atoms with Gasteiger partial charge in [-0.2, -0.15) is 0 Å². The van der Waals surface area contributed by atoms with Crippen molar-refractivity contribution in [1.82, 2.24) is 19.4 Å². The molecular weight excluding hydrogens is 256 g/mol. The summed E-state index contributed by atoms with van der Waals surface area (Å²) in [6, 6.07) is 1.57. The van der Waals surface area contributed by atoms with Crippen LogP contribution in [0.2, 0.25) is 0 Å². The largest absolute Gasteiger partial charge is 0.330 e. The van der Waals surface area contributed by atoms with Gasteiger partial charge in [0.1, 0.15) is 0 Å². The Labute approximate surface area is 119 Å². The van der Waals surface area contributed by atoms with Gasteiger partial charge in [-0.05, 0) is 38.9 Å². The second-order valence-corrected chi connectivity index (χ2v) is 5.68. The lowest BCUT2D eigenvalue weighted by atomic mass is 9.98. The molecule has 6 heteroatoms. The predicted molar refractivity (Wildman–Crippen MR) is 78.9 cm³/mol. The van der Waals surface area contributed by atoms with Gasteiger partial charge >= 0.3 is 5.69 Å². The van der Waals surface area contributed by atoms with Crippen molar-refractivity contribution in [3.8, 4) is 0 Å². The molecule has 0 saturated carbocycles. The molecule has 1 aliphatic heterocycles. The highest BCUT2D eigenvalue weighted by Gasteiger charge is 2.20. The summed E-state index contributed by atoms with van der Waals surface area (Å²) in [6.07, 6.45) is 2.41. The van der Waals surface area contributed by atoms with Crippen molar-refractivity contribution in [3.63, 3.8) is 0 Å². The predicted octanol–water partition coefficient (Wildman–Crippen LogP) is -0.485. The Morgan fingerprint density at radius 3 is 2.75 bits per heavy atom. The average molecular weight is 280 g/mol. The van der Waals surface area contributed by atoms with Gasteiger partial charge in [-0.15, -0.1) is 0 Å². The van der Waals surface area contributed by atoms with Crippen LogP contribution in [0.3, 0.4) is 0 Å². The quantitative estimate of drug-likeness (QED) is 0.809. The van der Waals surface area contributed by atoms with Crippen LogP contribution in [0, 0.1) is 5.92 Å². The fourth-order valence-electron chi connectivity index (χ4n) is 2.91. The number of nitrogens with zero attached hydrogens (tertiary/aromatic N) is 3. The van der Waals surface area contributed by atoms with E-state index in [4.69, 9.17) is 0 Å². The molecule has 20 heavy (non-hydrogen) atoms. The van der Waals surface area contributed by atoms with Crippen LogP contribution >= 0.6 is 0 Å². The number of rotatable bonds is 4. The molecule has 1 N–H and O–H groups in total. The zero-order chi connectivity index (χ0) is 14.7. The van der Waals surface area contributed by atoms with Gasteiger partial charge in [0.25, 0.3) is 5.56 Å². The molecule has 1 atom stereocenters. The Hall–Kier alpha value is -1.40. The maximum Gasteiger partial charge on any atom is 0.330 e. The summed E-state index contributed by atoms with van der Waals surface area (Å²) >= 11 is 0. The molecule has 0 aromatic carbocycles.